The van der Waals surface area contributed by atoms with Crippen LogP contribution in [0.4, 0.5) is 0 Å². The number of benzene rings is 1. The minimum atomic E-state index is 0.302. The number of rotatable bonds is 3. The summed E-state index contributed by atoms with van der Waals surface area (Å²) < 4.78 is 0. The van der Waals surface area contributed by atoms with Crippen molar-refractivity contribution >= 4 is 11.6 Å². The van der Waals surface area contributed by atoms with E-state index in [1.807, 2.05) is 12.1 Å². The van der Waals surface area contributed by atoms with E-state index in [9.17, 15) is 0 Å². The van der Waals surface area contributed by atoms with Gasteiger partial charge in [-0.05, 0) is 55.7 Å². The number of hydrogen-bond donors (Lipinski definition) is 1. The third-order valence-corrected chi connectivity index (χ3v) is 4.98. The average Bonchev–Trinajstić information content (AvgIpc) is 3.22. The molecule has 0 spiro atoms. The summed E-state index contributed by atoms with van der Waals surface area (Å²) in [4.78, 5) is 2.60. The Morgan fingerprint density at radius 1 is 1.21 bits per heavy atom. The van der Waals surface area contributed by atoms with Crippen LogP contribution >= 0.6 is 11.6 Å². The number of piperidine rings is 1. The molecule has 3 unspecified atom stereocenters. The Kier molecular flexibility index (Phi) is 3.84. The Bertz CT molecular complexity index is 427. The van der Waals surface area contributed by atoms with Gasteiger partial charge in [0.1, 0.15) is 0 Å². The van der Waals surface area contributed by atoms with Crippen LogP contribution in [0.25, 0.3) is 0 Å². The van der Waals surface area contributed by atoms with Crippen molar-refractivity contribution in [2.45, 2.75) is 44.2 Å². The van der Waals surface area contributed by atoms with E-state index < -0.39 is 0 Å². The number of nitrogens with zero attached hydrogens (tertiary/aromatic N) is 1. The summed E-state index contributed by atoms with van der Waals surface area (Å²) in [5.74, 6) is 1.47. The molecule has 0 radical (unpaired) electrons. The zero-order chi connectivity index (χ0) is 13.4. The molecule has 1 aromatic carbocycles. The highest BCUT2D eigenvalue weighted by Crippen LogP contribution is 2.37. The zero-order valence-electron chi connectivity index (χ0n) is 11.6. The maximum atomic E-state index is 6.27. The molecule has 1 aliphatic heterocycles. The van der Waals surface area contributed by atoms with Crippen molar-refractivity contribution in [3.05, 3.63) is 34.9 Å². The maximum Gasteiger partial charge on any atom is 0.0406 e. The lowest BCUT2D eigenvalue weighted by molar-refractivity contribution is 0.130. The molecule has 0 bridgehead atoms. The minimum absolute atomic E-state index is 0.302. The maximum absolute atomic E-state index is 6.27. The monoisotopic (exact) mass is 278 g/mol. The normalized spacial score (nSPS) is 30.3. The molecule has 1 aliphatic carbocycles. The lowest BCUT2D eigenvalue weighted by Gasteiger charge is -2.40. The largest absolute Gasteiger partial charge is 0.327 e. The minimum Gasteiger partial charge on any atom is -0.327 e. The summed E-state index contributed by atoms with van der Waals surface area (Å²) >= 11 is 5.97. The second kappa shape index (κ2) is 5.43. The van der Waals surface area contributed by atoms with E-state index >= 15 is 0 Å². The Labute approximate surface area is 120 Å². The van der Waals surface area contributed by atoms with Gasteiger partial charge >= 0.3 is 0 Å². The molecule has 2 N–H and O–H groups in total. The van der Waals surface area contributed by atoms with Gasteiger partial charge in [0.05, 0.1) is 0 Å². The van der Waals surface area contributed by atoms with Crippen molar-refractivity contribution < 1.29 is 0 Å². The Balaban J connectivity index is 1.72. The van der Waals surface area contributed by atoms with Crippen LogP contribution in [0.1, 0.15) is 37.7 Å². The van der Waals surface area contributed by atoms with Crippen molar-refractivity contribution in [2.24, 2.45) is 11.7 Å². The molecular weight excluding hydrogens is 256 g/mol. The molecule has 1 heterocycles. The van der Waals surface area contributed by atoms with E-state index in [4.69, 9.17) is 17.3 Å². The van der Waals surface area contributed by atoms with Crippen LogP contribution in [0, 0.1) is 5.92 Å². The first-order valence-electron chi connectivity index (χ1n) is 7.38. The molecule has 104 valence electrons. The number of hydrogen-bond acceptors (Lipinski definition) is 2. The molecule has 3 heteroatoms. The second-order valence-corrected chi connectivity index (χ2v) is 6.71. The fourth-order valence-electron chi connectivity index (χ4n) is 3.36. The summed E-state index contributed by atoms with van der Waals surface area (Å²) in [5.41, 5.74) is 7.66. The van der Waals surface area contributed by atoms with Crippen LogP contribution < -0.4 is 5.73 Å². The van der Waals surface area contributed by atoms with E-state index in [2.05, 4.69) is 24.0 Å². The summed E-state index contributed by atoms with van der Waals surface area (Å²) in [5, 5.41) is 0.812. The van der Waals surface area contributed by atoms with Gasteiger partial charge in [-0.1, -0.05) is 23.7 Å². The summed E-state index contributed by atoms with van der Waals surface area (Å²) in [6.45, 7) is 4.57. The first-order chi connectivity index (χ1) is 9.13. The molecule has 3 rings (SSSR count). The Morgan fingerprint density at radius 3 is 2.53 bits per heavy atom. The highest BCUT2D eigenvalue weighted by atomic mass is 35.5. The highest BCUT2D eigenvalue weighted by Gasteiger charge is 2.36. The molecule has 2 nitrogen and oxygen atoms in total. The predicted octanol–water partition coefficient (Wildman–Crippen LogP) is 3.26. The average molecular weight is 279 g/mol. The molecule has 1 saturated carbocycles. The lowest BCUT2D eigenvalue weighted by Crippen LogP contribution is -2.50. The van der Waals surface area contributed by atoms with Crippen LogP contribution in [0.3, 0.4) is 0 Å². The summed E-state index contributed by atoms with van der Waals surface area (Å²) in [7, 11) is 0. The van der Waals surface area contributed by atoms with Gasteiger partial charge in [0, 0.05) is 30.2 Å². The molecule has 2 fully saturated rings. The van der Waals surface area contributed by atoms with Crippen molar-refractivity contribution in [1.82, 2.24) is 4.90 Å². The van der Waals surface area contributed by atoms with E-state index in [1.54, 1.807) is 0 Å². The molecular formula is C16H23ClN2. The van der Waals surface area contributed by atoms with Gasteiger partial charge in [-0.25, -0.2) is 0 Å². The fraction of sp³-hybridized carbons (Fsp3) is 0.625. The van der Waals surface area contributed by atoms with Crippen molar-refractivity contribution in [3.8, 4) is 0 Å². The van der Waals surface area contributed by atoms with E-state index in [0.717, 1.165) is 30.5 Å². The first-order valence-corrected chi connectivity index (χ1v) is 7.76. The number of likely N-dealkylation sites (tertiary alicyclic amines) is 1. The standard InChI is InChI=1S/C16H23ClN2/c1-11(12-2-3-12)19-9-14(8-16(18)10-19)13-4-6-15(17)7-5-13/h4-7,11-12,14,16H,2-3,8-10,18H2,1H3. The molecule has 2 aliphatic rings. The third kappa shape index (κ3) is 3.13. The molecule has 0 amide bonds. The van der Waals surface area contributed by atoms with Gasteiger partial charge in [-0.15, -0.1) is 0 Å². The quantitative estimate of drug-likeness (QED) is 0.920. The highest BCUT2D eigenvalue weighted by molar-refractivity contribution is 6.30. The third-order valence-electron chi connectivity index (χ3n) is 4.73. The van der Waals surface area contributed by atoms with Crippen LogP contribution in [0.15, 0.2) is 24.3 Å². The fourth-order valence-corrected chi connectivity index (χ4v) is 3.49. The van der Waals surface area contributed by atoms with E-state index in [-0.39, 0.29) is 0 Å². The SMILES string of the molecule is CC(C1CC1)N1CC(N)CC(c2ccc(Cl)cc2)C1. The van der Waals surface area contributed by atoms with Gasteiger partial charge in [0.2, 0.25) is 0 Å². The van der Waals surface area contributed by atoms with Gasteiger partial charge in [-0.3, -0.25) is 4.90 Å². The molecule has 1 saturated heterocycles. The summed E-state index contributed by atoms with van der Waals surface area (Å²) in [6.07, 6.45) is 3.90. The zero-order valence-corrected chi connectivity index (χ0v) is 12.3. The van der Waals surface area contributed by atoms with E-state index in [1.165, 1.54) is 18.4 Å². The van der Waals surface area contributed by atoms with Gasteiger partial charge < -0.3 is 5.73 Å². The van der Waals surface area contributed by atoms with Gasteiger partial charge in [-0.2, -0.15) is 0 Å². The summed E-state index contributed by atoms with van der Waals surface area (Å²) in [6, 6.07) is 9.30. The number of halogens is 1. The smallest absolute Gasteiger partial charge is 0.0406 e. The second-order valence-electron chi connectivity index (χ2n) is 6.28. The molecule has 1 aromatic rings. The Morgan fingerprint density at radius 2 is 1.89 bits per heavy atom. The molecule has 19 heavy (non-hydrogen) atoms. The van der Waals surface area contributed by atoms with Crippen LogP contribution in [0.5, 0.6) is 0 Å². The van der Waals surface area contributed by atoms with Crippen molar-refractivity contribution in [1.29, 1.82) is 0 Å². The van der Waals surface area contributed by atoms with Crippen LogP contribution in [-0.2, 0) is 0 Å². The van der Waals surface area contributed by atoms with Gasteiger partial charge in [0.25, 0.3) is 0 Å². The topological polar surface area (TPSA) is 29.3 Å². The first kappa shape index (κ1) is 13.4. The Hall–Kier alpha value is -0.570. The van der Waals surface area contributed by atoms with Gasteiger partial charge in [0.15, 0.2) is 0 Å². The van der Waals surface area contributed by atoms with Crippen molar-refractivity contribution in [2.75, 3.05) is 13.1 Å². The number of nitrogens with two attached hydrogens (primary N) is 1. The molecule has 0 aromatic heterocycles. The predicted molar refractivity (Wildman–Crippen MR) is 80.5 cm³/mol. The van der Waals surface area contributed by atoms with Crippen LogP contribution in [-0.4, -0.2) is 30.1 Å². The van der Waals surface area contributed by atoms with Crippen LogP contribution in [0.2, 0.25) is 5.02 Å². The molecule has 3 atom stereocenters. The lowest BCUT2D eigenvalue weighted by atomic mass is 9.87. The van der Waals surface area contributed by atoms with E-state index in [0.29, 0.717) is 18.0 Å². The van der Waals surface area contributed by atoms with Crippen molar-refractivity contribution in [3.63, 3.8) is 0 Å².